The van der Waals surface area contributed by atoms with Gasteiger partial charge in [-0.1, -0.05) is 17.7 Å². The average Bonchev–Trinajstić information content (AvgIpc) is 2.15. The van der Waals surface area contributed by atoms with Gasteiger partial charge < -0.3 is 10.6 Å². The molecule has 0 bridgehead atoms. The smallest absolute Gasteiger partial charge is 0.0409 e. The lowest BCUT2D eigenvalue weighted by atomic mass is 9.90. The molecule has 0 saturated heterocycles. The maximum absolute atomic E-state index is 5.97. The van der Waals surface area contributed by atoms with Crippen LogP contribution in [0.2, 0.25) is 5.02 Å². The molecular weight excluding hydrogens is 196 g/mol. The lowest BCUT2D eigenvalue weighted by Gasteiger charge is -2.31. The SMILES string of the molecule is CN1Cc2cc(Cl)ccc2C(CN)C1. The first-order chi connectivity index (χ1) is 6.70. The van der Waals surface area contributed by atoms with Crippen LogP contribution in [0, 0.1) is 0 Å². The zero-order chi connectivity index (χ0) is 10.1. The van der Waals surface area contributed by atoms with Crippen molar-refractivity contribution < 1.29 is 0 Å². The molecule has 1 aromatic carbocycles. The molecule has 2 nitrogen and oxygen atoms in total. The zero-order valence-corrected chi connectivity index (χ0v) is 9.09. The van der Waals surface area contributed by atoms with E-state index >= 15 is 0 Å². The van der Waals surface area contributed by atoms with Gasteiger partial charge in [0.2, 0.25) is 0 Å². The van der Waals surface area contributed by atoms with Gasteiger partial charge in [-0.3, -0.25) is 0 Å². The van der Waals surface area contributed by atoms with Gasteiger partial charge in [0.05, 0.1) is 0 Å². The van der Waals surface area contributed by atoms with Crippen LogP contribution in [0.1, 0.15) is 17.0 Å². The minimum Gasteiger partial charge on any atom is -0.330 e. The Balaban J connectivity index is 2.40. The van der Waals surface area contributed by atoms with E-state index in [2.05, 4.69) is 24.1 Å². The number of nitrogens with zero attached hydrogens (tertiary/aromatic N) is 1. The molecule has 1 aromatic rings. The number of likely N-dealkylation sites (N-methyl/N-ethyl adjacent to an activating group) is 1. The van der Waals surface area contributed by atoms with Crippen LogP contribution in [-0.2, 0) is 6.54 Å². The predicted molar refractivity (Wildman–Crippen MR) is 59.6 cm³/mol. The Bertz CT molecular complexity index is 338. The highest BCUT2D eigenvalue weighted by molar-refractivity contribution is 6.30. The maximum Gasteiger partial charge on any atom is 0.0409 e. The Morgan fingerprint density at radius 2 is 2.36 bits per heavy atom. The van der Waals surface area contributed by atoms with Crippen molar-refractivity contribution in [2.45, 2.75) is 12.5 Å². The van der Waals surface area contributed by atoms with Crippen LogP contribution in [0.25, 0.3) is 0 Å². The van der Waals surface area contributed by atoms with E-state index in [0.717, 1.165) is 18.1 Å². The summed E-state index contributed by atoms with van der Waals surface area (Å²) in [6, 6.07) is 6.12. The molecule has 1 aliphatic heterocycles. The van der Waals surface area contributed by atoms with Crippen LogP contribution in [-0.4, -0.2) is 25.0 Å². The minimum atomic E-state index is 0.459. The van der Waals surface area contributed by atoms with Crippen molar-refractivity contribution in [1.82, 2.24) is 4.90 Å². The highest BCUT2D eigenvalue weighted by atomic mass is 35.5. The number of rotatable bonds is 1. The fourth-order valence-electron chi connectivity index (χ4n) is 2.14. The third-order valence-electron chi connectivity index (χ3n) is 2.80. The molecule has 0 fully saturated rings. The number of halogens is 1. The minimum absolute atomic E-state index is 0.459. The largest absolute Gasteiger partial charge is 0.330 e. The molecule has 1 atom stereocenters. The second-order valence-electron chi connectivity index (χ2n) is 3.97. The topological polar surface area (TPSA) is 29.3 Å². The zero-order valence-electron chi connectivity index (χ0n) is 8.33. The first-order valence-corrected chi connectivity index (χ1v) is 5.25. The molecule has 1 unspecified atom stereocenters. The summed E-state index contributed by atoms with van der Waals surface area (Å²) in [4.78, 5) is 2.29. The van der Waals surface area contributed by atoms with Gasteiger partial charge in [0, 0.05) is 30.6 Å². The van der Waals surface area contributed by atoms with Crippen LogP contribution in [0.5, 0.6) is 0 Å². The van der Waals surface area contributed by atoms with E-state index in [0.29, 0.717) is 12.5 Å². The molecule has 0 radical (unpaired) electrons. The molecule has 0 aliphatic carbocycles. The summed E-state index contributed by atoms with van der Waals surface area (Å²) in [7, 11) is 2.12. The molecule has 0 saturated carbocycles. The van der Waals surface area contributed by atoms with E-state index < -0.39 is 0 Å². The van der Waals surface area contributed by atoms with E-state index in [1.165, 1.54) is 11.1 Å². The van der Waals surface area contributed by atoms with Crippen LogP contribution >= 0.6 is 11.6 Å². The summed E-state index contributed by atoms with van der Waals surface area (Å²) >= 11 is 5.97. The Morgan fingerprint density at radius 1 is 1.57 bits per heavy atom. The Labute approximate surface area is 89.7 Å². The van der Waals surface area contributed by atoms with Gasteiger partial charge in [-0.2, -0.15) is 0 Å². The summed E-state index contributed by atoms with van der Waals surface area (Å²) in [5.41, 5.74) is 8.45. The standard InChI is InChI=1S/C11H15ClN2/c1-14-6-8-4-10(12)2-3-11(8)9(5-13)7-14/h2-4,9H,5-7,13H2,1H3. The molecule has 0 aromatic heterocycles. The molecule has 1 aliphatic rings. The van der Waals surface area contributed by atoms with Crippen molar-refractivity contribution in [2.75, 3.05) is 20.1 Å². The lowest BCUT2D eigenvalue weighted by molar-refractivity contribution is 0.283. The Morgan fingerprint density at radius 3 is 3.07 bits per heavy atom. The van der Waals surface area contributed by atoms with Crippen molar-refractivity contribution in [1.29, 1.82) is 0 Å². The van der Waals surface area contributed by atoms with Crippen molar-refractivity contribution >= 4 is 11.6 Å². The van der Waals surface area contributed by atoms with Crippen LogP contribution in [0.15, 0.2) is 18.2 Å². The van der Waals surface area contributed by atoms with Gasteiger partial charge >= 0.3 is 0 Å². The quantitative estimate of drug-likeness (QED) is 0.767. The fraction of sp³-hybridized carbons (Fsp3) is 0.455. The molecule has 76 valence electrons. The normalized spacial score (nSPS) is 22.1. The summed E-state index contributed by atoms with van der Waals surface area (Å²) in [5.74, 6) is 0.459. The molecule has 2 rings (SSSR count). The van der Waals surface area contributed by atoms with Crippen LogP contribution in [0.3, 0.4) is 0 Å². The Kier molecular flexibility index (Phi) is 2.77. The van der Waals surface area contributed by atoms with Gasteiger partial charge in [0.15, 0.2) is 0 Å². The molecular formula is C11H15ClN2. The highest BCUT2D eigenvalue weighted by Gasteiger charge is 2.21. The number of benzene rings is 1. The molecule has 0 spiro atoms. The average molecular weight is 211 g/mol. The fourth-order valence-corrected chi connectivity index (χ4v) is 2.34. The van der Waals surface area contributed by atoms with Gasteiger partial charge in [-0.25, -0.2) is 0 Å². The van der Waals surface area contributed by atoms with Gasteiger partial charge in [-0.05, 0) is 30.3 Å². The molecule has 3 heteroatoms. The number of hydrogen-bond acceptors (Lipinski definition) is 2. The van der Waals surface area contributed by atoms with E-state index in [4.69, 9.17) is 17.3 Å². The second kappa shape index (κ2) is 3.89. The second-order valence-corrected chi connectivity index (χ2v) is 4.41. The van der Waals surface area contributed by atoms with E-state index in [-0.39, 0.29) is 0 Å². The first-order valence-electron chi connectivity index (χ1n) is 4.87. The summed E-state index contributed by atoms with van der Waals surface area (Å²) in [5, 5.41) is 0.815. The third-order valence-corrected chi connectivity index (χ3v) is 3.04. The molecule has 2 N–H and O–H groups in total. The van der Waals surface area contributed by atoms with Crippen LogP contribution < -0.4 is 5.73 Å². The predicted octanol–water partition coefficient (Wildman–Crippen LogP) is 1.83. The first kappa shape index (κ1) is 9.97. The number of nitrogens with two attached hydrogens (primary N) is 1. The van der Waals surface area contributed by atoms with Crippen molar-refractivity contribution in [3.8, 4) is 0 Å². The van der Waals surface area contributed by atoms with E-state index in [1.807, 2.05) is 6.07 Å². The molecule has 1 heterocycles. The highest BCUT2D eigenvalue weighted by Crippen LogP contribution is 2.28. The van der Waals surface area contributed by atoms with Crippen LogP contribution in [0.4, 0.5) is 0 Å². The monoisotopic (exact) mass is 210 g/mol. The lowest BCUT2D eigenvalue weighted by Crippen LogP contribution is -2.33. The Hall–Kier alpha value is -0.570. The van der Waals surface area contributed by atoms with E-state index in [1.54, 1.807) is 0 Å². The summed E-state index contributed by atoms with van der Waals surface area (Å²) in [6.07, 6.45) is 0. The van der Waals surface area contributed by atoms with Gasteiger partial charge in [0.1, 0.15) is 0 Å². The molecule has 14 heavy (non-hydrogen) atoms. The van der Waals surface area contributed by atoms with Gasteiger partial charge in [-0.15, -0.1) is 0 Å². The van der Waals surface area contributed by atoms with Crippen molar-refractivity contribution in [3.63, 3.8) is 0 Å². The number of fused-ring (bicyclic) bond motifs is 1. The number of hydrogen-bond donors (Lipinski definition) is 1. The molecule has 0 amide bonds. The van der Waals surface area contributed by atoms with Gasteiger partial charge in [0.25, 0.3) is 0 Å². The summed E-state index contributed by atoms with van der Waals surface area (Å²) in [6.45, 7) is 2.73. The van der Waals surface area contributed by atoms with E-state index in [9.17, 15) is 0 Å². The van der Waals surface area contributed by atoms with Crippen molar-refractivity contribution in [3.05, 3.63) is 34.3 Å². The third kappa shape index (κ3) is 1.78. The van der Waals surface area contributed by atoms with Crippen molar-refractivity contribution in [2.24, 2.45) is 5.73 Å². The summed E-state index contributed by atoms with van der Waals surface area (Å²) < 4.78 is 0. The maximum atomic E-state index is 5.97.